The zero-order valence-corrected chi connectivity index (χ0v) is 18.2. The molecule has 0 fully saturated rings. The maximum Gasteiger partial charge on any atom is 0.407 e. The molecule has 0 aliphatic carbocycles. The third-order valence-corrected chi connectivity index (χ3v) is 4.46. The van der Waals surface area contributed by atoms with Crippen LogP contribution in [0, 0.1) is 0 Å². The first-order valence-electron chi connectivity index (χ1n) is 9.17. The predicted octanol–water partition coefficient (Wildman–Crippen LogP) is 5.38. The molecule has 2 rings (SSSR count). The minimum Gasteiger partial charge on any atom is -0.444 e. The van der Waals surface area contributed by atoms with Crippen molar-refractivity contribution in [3.63, 3.8) is 0 Å². The largest absolute Gasteiger partial charge is 0.444 e. The smallest absolute Gasteiger partial charge is 0.407 e. The van der Waals surface area contributed by atoms with Gasteiger partial charge in [-0.25, -0.2) is 9.59 Å². The lowest BCUT2D eigenvalue weighted by Crippen LogP contribution is -2.33. The maximum atomic E-state index is 12.2. The van der Waals surface area contributed by atoms with Gasteiger partial charge >= 0.3 is 12.1 Å². The maximum absolute atomic E-state index is 12.2. The molecule has 0 heterocycles. The molecule has 0 unspecified atom stereocenters. The van der Waals surface area contributed by atoms with Crippen LogP contribution in [0.15, 0.2) is 42.5 Å². The van der Waals surface area contributed by atoms with Gasteiger partial charge in [0.25, 0.3) is 0 Å². The lowest BCUT2D eigenvalue weighted by atomic mass is 10.1. The third kappa shape index (κ3) is 8.21. The fourth-order valence-electron chi connectivity index (χ4n) is 2.47. The molecular formula is C21H25Cl2N3O3. The van der Waals surface area contributed by atoms with E-state index in [4.69, 9.17) is 27.9 Å². The highest BCUT2D eigenvalue weighted by atomic mass is 35.5. The summed E-state index contributed by atoms with van der Waals surface area (Å²) in [4.78, 5) is 23.9. The Labute approximate surface area is 180 Å². The SMILES string of the molecule is CC(C)(C)OC(=O)NCCc1cccc(NC(=O)NCc2c(Cl)cccc2Cl)c1. The average Bonchev–Trinajstić information content (AvgIpc) is 2.60. The molecule has 3 amide bonds. The van der Waals surface area contributed by atoms with E-state index in [0.29, 0.717) is 34.3 Å². The molecular weight excluding hydrogens is 413 g/mol. The minimum absolute atomic E-state index is 0.212. The highest BCUT2D eigenvalue weighted by molar-refractivity contribution is 6.36. The molecule has 0 spiro atoms. The first kappa shape index (κ1) is 22.8. The molecule has 0 saturated carbocycles. The van der Waals surface area contributed by atoms with Crippen LogP contribution < -0.4 is 16.0 Å². The summed E-state index contributed by atoms with van der Waals surface area (Å²) < 4.78 is 5.20. The molecule has 0 atom stereocenters. The van der Waals surface area contributed by atoms with Crippen LogP contribution in [-0.2, 0) is 17.7 Å². The summed E-state index contributed by atoms with van der Waals surface area (Å²) in [5, 5.41) is 9.22. The van der Waals surface area contributed by atoms with Crippen molar-refractivity contribution in [2.24, 2.45) is 0 Å². The van der Waals surface area contributed by atoms with E-state index in [0.717, 1.165) is 5.56 Å². The van der Waals surface area contributed by atoms with Gasteiger partial charge in [-0.2, -0.15) is 0 Å². The van der Waals surface area contributed by atoms with Crippen LogP contribution in [0.5, 0.6) is 0 Å². The molecule has 6 nitrogen and oxygen atoms in total. The number of ether oxygens (including phenoxy) is 1. The molecule has 0 aliphatic heterocycles. The Bertz CT molecular complexity index is 846. The first-order chi connectivity index (χ1) is 13.6. The molecule has 0 aliphatic rings. The second kappa shape index (κ2) is 10.4. The van der Waals surface area contributed by atoms with Crippen molar-refractivity contribution < 1.29 is 14.3 Å². The van der Waals surface area contributed by atoms with E-state index in [1.54, 1.807) is 24.3 Å². The van der Waals surface area contributed by atoms with Crippen molar-refractivity contribution in [3.05, 3.63) is 63.6 Å². The molecule has 2 aromatic carbocycles. The predicted molar refractivity (Wildman–Crippen MR) is 117 cm³/mol. The van der Waals surface area contributed by atoms with E-state index in [1.165, 1.54) is 0 Å². The van der Waals surface area contributed by atoms with Crippen molar-refractivity contribution in [1.29, 1.82) is 0 Å². The summed E-state index contributed by atoms with van der Waals surface area (Å²) >= 11 is 12.2. The van der Waals surface area contributed by atoms with Crippen LogP contribution >= 0.6 is 23.2 Å². The quantitative estimate of drug-likeness (QED) is 0.567. The van der Waals surface area contributed by atoms with Crippen molar-refractivity contribution >= 4 is 41.0 Å². The molecule has 29 heavy (non-hydrogen) atoms. The standard InChI is InChI=1S/C21H25Cl2N3O3/c1-21(2,3)29-20(28)24-11-10-14-6-4-7-15(12-14)26-19(27)25-13-16-17(22)8-5-9-18(16)23/h4-9,12H,10-11,13H2,1-3H3,(H,24,28)(H2,25,26,27). The average molecular weight is 438 g/mol. The Balaban J connectivity index is 1.83. The Morgan fingerprint density at radius 3 is 2.31 bits per heavy atom. The van der Waals surface area contributed by atoms with Gasteiger partial charge in [0.1, 0.15) is 5.60 Å². The Kier molecular flexibility index (Phi) is 8.17. The number of benzene rings is 2. The highest BCUT2D eigenvalue weighted by Crippen LogP contribution is 2.23. The number of hydrogen-bond donors (Lipinski definition) is 3. The van der Waals surface area contributed by atoms with E-state index in [-0.39, 0.29) is 12.6 Å². The summed E-state index contributed by atoms with van der Waals surface area (Å²) in [6, 6.07) is 12.2. The number of hydrogen-bond acceptors (Lipinski definition) is 3. The number of amides is 3. The van der Waals surface area contributed by atoms with Gasteiger partial charge in [-0.1, -0.05) is 41.4 Å². The zero-order valence-electron chi connectivity index (χ0n) is 16.6. The van der Waals surface area contributed by atoms with Crippen LogP contribution in [0.3, 0.4) is 0 Å². The zero-order chi connectivity index (χ0) is 21.4. The lowest BCUT2D eigenvalue weighted by molar-refractivity contribution is 0.0528. The minimum atomic E-state index is -0.532. The number of halogens is 2. The first-order valence-corrected chi connectivity index (χ1v) is 9.93. The van der Waals surface area contributed by atoms with Gasteiger partial charge in [0, 0.05) is 34.4 Å². The van der Waals surface area contributed by atoms with E-state index in [1.807, 2.05) is 39.0 Å². The number of rotatable bonds is 6. The molecule has 2 aromatic rings. The van der Waals surface area contributed by atoms with Crippen LogP contribution in [0.2, 0.25) is 10.0 Å². The van der Waals surface area contributed by atoms with E-state index < -0.39 is 11.7 Å². The van der Waals surface area contributed by atoms with Crippen molar-refractivity contribution in [2.75, 3.05) is 11.9 Å². The summed E-state index contributed by atoms with van der Waals surface area (Å²) in [6.07, 6.45) is 0.149. The Morgan fingerprint density at radius 2 is 1.66 bits per heavy atom. The normalized spacial score (nSPS) is 10.9. The fraction of sp³-hybridized carbons (Fsp3) is 0.333. The molecule has 3 N–H and O–H groups in total. The van der Waals surface area contributed by atoms with Gasteiger partial charge < -0.3 is 20.7 Å². The second-order valence-corrected chi connectivity index (χ2v) is 8.20. The third-order valence-electron chi connectivity index (χ3n) is 3.75. The van der Waals surface area contributed by atoms with Gasteiger partial charge in [0.15, 0.2) is 0 Å². The summed E-state index contributed by atoms with van der Waals surface area (Å²) in [5.41, 5.74) is 1.73. The molecule has 0 saturated heterocycles. The van der Waals surface area contributed by atoms with E-state index in [9.17, 15) is 9.59 Å². The van der Waals surface area contributed by atoms with E-state index >= 15 is 0 Å². The molecule has 0 aromatic heterocycles. The highest BCUT2D eigenvalue weighted by Gasteiger charge is 2.15. The number of urea groups is 1. The van der Waals surface area contributed by atoms with Crippen molar-refractivity contribution in [1.82, 2.24) is 10.6 Å². The van der Waals surface area contributed by atoms with Crippen LogP contribution in [0.4, 0.5) is 15.3 Å². The van der Waals surface area contributed by atoms with E-state index in [2.05, 4.69) is 16.0 Å². The van der Waals surface area contributed by atoms with Crippen molar-refractivity contribution in [2.45, 2.75) is 39.3 Å². The van der Waals surface area contributed by atoms with Crippen molar-refractivity contribution in [3.8, 4) is 0 Å². The Morgan fingerprint density at radius 1 is 1.00 bits per heavy atom. The monoisotopic (exact) mass is 437 g/mol. The number of carbonyl (C=O) groups is 2. The lowest BCUT2D eigenvalue weighted by Gasteiger charge is -2.19. The summed E-state index contributed by atoms with van der Waals surface area (Å²) in [6.45, 7) is 6.07. The van der Waals surface area contributed by atoms with Gasteiger partial charge in [-0.05, 0) is 57.0 Å². The summed E-state index contributed by atoms with van der Waals surface area (Å²) in [5.74, 6) is 0. The topological polar surface area (TPSA) is 79.5 Å². The van der Waals surface area contributed by atoms with Crippen LogP contribution in [0.1, 0.15) is 31.9 Å². The number of alkyl carbamates (subject to hydrolysis) is 1. The number of anilines is 1. The van der Waals surface area contributed by atoms with Gasteiger partial charge in [-0.15, -0.1) is 0 Å². The van der Waals surface area contributed by atoms with Crippen LogP contribution in [-0.4, -0.2) is 24.3 Å². The molecule has 8 heteroatoms. The number of nitrogens with one attached hydrogen (secondary N) is 3. The molecule has 156 valence electrons. The summed E-state index contributed by atoms with van der Waals surface area (Å²) in [7, 11) is 0. The van der Waals surface area contributed by atoms with Crippen LogP contribution in [0.25, 0.3) is 0 Å². The fourth-order valence-corrected chi connectivity index (χ4v) is 3.00. The second-order valence-electron chi connectivity index (χ2n) is 7.39. The molecule has 0 bridgehead atoms. The van der Waals surface area contributed by atoms with Gasteiger partial charge in [0.2, 0.25) is 0 Å². The Hall–Kier alpha value is -2.44. The molecule has 0 radical (unpaired) electrons. The van der Waals surface area contributed by atoms with Gasteiger partial charge in [-0.3, -0.25) is 0 Å². The number of carbonyl (C=O) groups excluding carboxylic acids is 2. The van der Waals surface area contributed by atoms with Gasteiger partial charge in [0.05, 0.1) is 0 Å².